The Morgan fingerprint density at radius 1 is 1.17 bits per heavy atom. The molecule has 3 heterocycles. The van der Waals surface area contributed by atoms with Gasteiger partial charge in [-0.25, -0.2) is 9.98 Å². The Labute approximate surface area is 188 Å². The Morgan fingerprint density at radius 3 is 2.86 bits per heavy atom. The third kappa shape index (κ3) is 5.96. The number of nitrogens with zero attached hydrogens (tertiary/aromatic N) is 2. The fourth-order valence-electron chi connectivity index (χ4n) is 3.47. The van der Waals surface area contributed by atoms with E-state index in [4.69, 9.17) is 19.9 Å². The number of benzene rings is 1. The zero-order valence-corrected chi connectivity index (χ0v) is 18.6. The molecule has 0 saturated carbocycles. The first kappa shape index (κ1) is 21.6. The fraction of sp³-hybridized carbons (Fsp3) is 0.429. The van der Waals surface area contributed by atoms with Crippen LogP contribution in [0.2, 0.25) is 0 Å². The molecule has 1 atom stereocenters. The molecule has 4 rings (SSSR count). The molecule has 0 bridgehead atoms. The largest absolute Gasteiger partial charge is 0.493 e. The van der Waals surface area contributed by atoms with E-state index in [1.807, 2.05) is 30.3 Å². The van der Waals surface area contributed by atoms with Crippen molar-refractivity contribution in [2.45, 2.75) is 38.0 Å². The molecule has 29 heavy (non-hydrogen) atoms. The number of hydrogen-bond donors (Lipinski definition) is 2. The first-order chi connectivity index (χ1) is 13.8. The van der Waals surface area contributed by atoms with Crippen LogP contribution in [0.4, 0.5) is 0 Å². The quantitative estimate of drug-likeness (QED) is 0.365. The Balaban J connectivity index is 0.00000240. The van der Waals surface area contributed by atoms with Crippen LogP contribution in [0.3, 0.4) is 0 Å². The minimum absolute atomic E-state index is 0. The van der Waals surface area contributed by atoms with Crippen molar-refractivity contribution in [3.05, 3.63) is 53.7 Å². The minimum atomic E-state index is 0. The van der Waals surface area contributed by atoms with Crippen molar-refractivity contribution in [2.75, 3.05) is 19.8 Å². The normalized spacial score (nSPS) is 19.4. The highest BCUT2D eigenvalue weighted by Gasteiger charge is 2.21. The molecule has 7 nitrogen and oxygen atoms in total. The van der Waals surface area contributed by atoms with Crippen LogP contribution in [0.1, 0.15) is 36.4 Å². The topological polar surface area (TPSA) is 91.0 Å². The Kier molecular flexibility index (Phi) is 7.93. The lowest BCUT2D eigenvalue weighted by Crippen LogP contribution is -2.37. The molecule has 1 unspecified atom stereocenters. The molecule has 1 aromatic heterocycles. The maximum absolute atomic E-state index is 6.13. The number of pyridine rings is 1. The van der Waals surface area contributed by atoms with E-state index in [1.165, 1.54) is 0 Å². The van der Waals surface area contributed by atoms with E-state index in [-0.39, 0.29) is 36.1 Å². The van der Waals surface area contributed by atoms with Gasteiger partial charge >= 0.3 is 0 Å². The van der Waals surface area contributed by atoms with Gasteiger partial charge in [-0.15, -0.1) is 24.0 Å². The second-order valence-corrected chi connectivity index (χ2v) is 7.01. The number of ether oxygens (including phenoxy) is 3. The smallest absolute Gasteiger partial charge is 0.213 e. The number of para-hydroxylation sites is 1. The van der Waals surface area contributed by atoms with Gasteiger partial charge in [0.2, 0.25) is 5.88 Å². The van der Waals surface area contributed by atoms with Crippen molar-refractivity contribution < 1.29 is 14.2 Å². The summed E-state index contributed by atoms with van der Waals surface area (Å²) >= 11 is 0. The molecular formula is C21H27IN4O3. The van der Waals surface area contributed by atoms with E-state index >= 15 is 0 Å². The summed E-state index contributed by atoms with van der Waals surface area (Å²) < 4.78 is 17.0. The van der Waals surface area contributed by atoms with Crippen LogP contribution in [-0.4, -0.2) is 36.9 Å². The summed E-state index contributed by atoms with van der Waals surface area (Å²) in [5.41, 5.74) is 8.26. The number of fused-ring (bicyclic) bond motifs is 1. The van der Waals surface area contributed by atoms with Crippen LogP contribution < -0.4 is 20.5 Å². The van der Waals surface area contributed by atoms with E-state index in [1.54, 1.807) is 6.20 Å². The number of hydrogen-bond acceptors (Lipinski definition) is 5. The summed E-state index contributed by atoms with van der Waals surface area (Å²) in [6.07, 6.45) is 4.56. The minimum Gasteiger partial charge on any atom is -0.493 e. The summed E-state index contributed by atoms with van der Waals surface area (Å²) in [6, 6.07) is 12.0. The Hall–Kier alpha value is -2.07. The highest BCUT2D eigenvalue weighted by Crippen LogP contribution is 2.31. The van der Waals surface area contributed by atoms with Crippen molar-refractivity contribution in [1.29, 1.82) is 0 Å². The molecule has 3 N–H and O–H groups in total. The zero-order valence-electron chi connectivity index (χ0n) is 16.3. The monoisotopic (exact) mass is 510 g/mol. The summed E-state index contributed by atoms with van der Waals surface area (Å²) in [7, 11) is 0. The second kappa shape index (κ2) is 10.6. The van der Waals surface area contributed by atoms with Crippen molar-refractivity contribution in [2.24, 2.45) is 10.7 Å². The molecule has 8 heteroatoms. The maximum Gasteiger partial charge on any atom is 0.213 e. The van der Waals surface area contributed by atoms with Gasteiger partial charge in [-0.2, -0.15) is 0 Å². The first-order valence-electron chi connectivity index (χ1n) is 9.75. The van der Waals surface area contributed by atoms with Gasteiger partial charge < -0.3 is 25.3 Å². The fourth-order valence-corrected chi connectivity index (χ4v) is 3.47. The third-order valence-electron chi connectivity index (χ3n) is 4.97. The van der Waals surface area contributed by atoms with Gasteiger partial charge in [0.1, 0.15) is 11.9 Å². The molecule has 1 fully saturated rings. The number of rotatable bonds is 5. The molecule has 1 saturated heterocycles. The number of nitrogens with one attached hydrogen (secondary N) is 1. The van der Waals surface area contributed by atoms with Crippen LogP contribution >= 0.6 is 24.0 Å². The van der Waals surface area contributed by atoms with Gasteiger partial charge in [0.05, 0.1) is 32.4 Å². The number of halogens is 1. The molecule has 2 aromatic rings. The van der Waals surface area contributed by atoms with E-state index in [2.05, 4.69) is 21.4 Å². The number of aliphatic imine (C=N–C) groups is 1. The van der Waals surface area contributed by atoms with E-state index < -0.39 is 0 Å². The first-order valence-corrected chi connectivity index (χ1v) is 9.75. The third-order valence-corrected chi connectivity index (χ3v) is 4.97. The van der Waals surface area contributed by atoms with Crippen molar-refractivity contribution in [3.8, 4) is 11.6 Å². The van der Waals surface area contributed by atoms with E-state index in [9.17, 15) is 0 Å². The Morgan fingerprint density at radius 2 is 2.00 bits per heavy atom. The lowest BCUT2D eigenvalue weighted by atomic mass is 10.0. The van der Waals surface area contributed by atoms with Gasteiger partial charge in [-0.05, 0) is 17.7 Å². The molecule has 0 spiro atoms. The Bertz CT molecular complexity index is 827. The van der Waals surface area contributed by atoms with Gasteiger partial charge in [-0.1, -0.05) is 18.2 Å². The lowest BCUT2D eigenvalue weighted by molar-refractivity contribution is 0.0237. The molecule has 0 amide bonds. The number of guanidine groups is 1. The van der Waals surface area contributed by atoms with Crippen LogP contribution in [0.5, 0.6) is 11.6 Å². The zero-order chi connectivity index (χ0) is 19.2. The number of aromatic nitrogens is 1. The predicted molar refractivity (Wildman–Crippen MR) is 122 cm³/mol. The lowest BCUT2D eigenvalue weighted by Gasteiger charge is -2.26. The molecule has 1 aromatic carbocycles. The van der Waals surface area contributed by atoms with Crippen LogP contribution in [0.15, 0.2) is 47.6 Å². The summed E-state index contributed by atoms with van der Waals surface area (Å²) in [5, 5.41) is 3.31. The average Bonchev–Trinajstić information content (AvgIpc) is 2.74. The van der Waals surface area contributed by atoms with Crippen molar-refractivity contribution >= 4 is 29.9 Å². The van der Waals surface area contributed by atoms with Crippen molar-refractivity contribution in [1.82, 2.24) is 10.3 Å². The summed E-state index contributed by atoms with van der Waals surface area (Å²) in [6.45, 7) is 2.62. The highest BCUT2D eigenvalue weighted by atomic mass is 127. The van der Waals surface area contributed by atoms with Gasteiger partial charge in [0.25, 0.3) is 0 Å². The molecule has 2 aliphatic rings. The van der Waals surface area contributed by atoms with Crippen molar-refractivity contribution in [3.63, 3.8) is 0 Å². The van der Waals surface area contributed by atoms with Gasteiger partial charge in [-0.3, -0.25) is 0 Å². The van der Waals surface area contributed by atoms with E-state index in [0.717, 1.165) is 49.4 Å². The SMILES string of the molecule is I.NC(=NCc1ccnc(OC2CCOCC2)c1)NC1CCOc2ccccc21. The van der Waals surface area contributed by atoms with Crippen LogP contribution in [-0.2, 0) is 11.3 Å². The van der Waals surface area contributed by atoms with E-state index in [0.29, 0.717) is 25.0 Å². The van der Waals surface area contributed by atoms with Crippen LogP contribution in [0, 0.1) is 0 Å². The highest BCUT2D eigenvalue weighted by molar-refractivity contribution is 14.0. The maximum atomic E-state index is 6.13. The molecule has 2 aliphatic heterocycles. The predicted octanol–water partition coefficient (Wildman–Crippen LogP) is 3.19. The molecule has 156 valence electrons. The summed E-state index contributed by atoms with van der Waals surface area (Å²) in [5.74, 6) is 1.96. The molecule has 0 aliphatic carbocycles. The standard InChI is InChI=1S/C21H26N4O3.HI/c22-21(25-18-8-12-27-19-4-2-1-3-17(18)19)24-14-15-5-9-23-20(13-15)28-16-6-10-26-11-7-16;/h1-5,9,13,16,18H,6-8,10-12,14H2,(H3,22,24,25);1H. The van der Waals surface area contributed by atoms with Crippen LogP contribution in [0.25, 0.3) is 0 Å². The molecular weight excluding hydrogens is 483 g/mol. The average molecular weight is 510 g/mol. The summed E-state index contributed by atoms with van der Waals surface area (Å²) in [4.78, 5) is 8.80. The van der Waals surface area contributed by atoms with Gasteiger partial charge in [0, 0.05) is 37.1 Å². The number of nitrogens with two attached hydrogens (primary N) is 1. The molecule has 0 radical (unpaired) electrons. The second-order valence-electron chi connectivity index (χ2n) is 7.01. The van der Waals surface area contributed by atoms with Gasteiger partial charge in [0.15, 0.2) is 5.96 Å².